The van der Waals surface area contributed by atoms with Gasteiger partial charge >= 0.3 is 0 Å². The number of aromatic nitrogens is 3. The molecular formula is C52H45N3O. The first-order chi connectivity index (χ1) is 27.1. The molecule has 0 spiro atoms. The van der Waals surface area contributed by atoms with Crippen LogP contribution in [0, 0.1) is 0 Å². The highest BCUT2D eigenvalue weighted by Gasteiger charge is 2.25. The van der Waals surface area contributed by atoms with Crippen molar-refractivity contribution in [1.29, 1.82) is 0 Å². The lowest BCUT2D eigenvalue weighted by Gasteiger charge is -2.26. The summed E-state index contributed by atoms with van der Waals surface area (Å²) < 4.78 is 11.3. The Kier molecular flexibility index (Phi) is 8.70. The number of benzene rings is 6. The molecule has 0 amide bonds. The van der Waals surface area contributed by atoms with Crippen LogP contribution in [-0.4, -0.2) is 14.1 Å². The van der Waals surface area contributed by atoms with Gasteiger partial charge in [0.1, 0.15) is 17.3 Å². The van der Waals surface area contributed by atoms with Gasteiger partial charge in [-0.15, -0.1) is 0 Å². The van der Waals surface area contributed by atoms with E-state index in [2.05, 4.69) is 220 Å². The first kappa shape index (κ1) is 35.1. The summed E-state index contributed by atoms with van der Waals surface area (Å²) in [6.07, 6.45) is 6.31. The molecule has 0 bridgehead atoms. The van der Waals surface area contributed by atoms with Crippen LogP contribution in [0.1, 0.15) is 51.3 Å². The van der Waals surface area contributed by atoms with Crippen molar-refractivity contribution in [1.82, 2.24) is 14.1 Å². The SMILES string of the molecule is CC(C)(C)c1ccn(-c2cc(Oc3ccc4c5cc(-c6ccccc6)ccc5n(-c5cc(C(C)(C)c6ccccc6)ccn5)c4c3)cc(-c3ccccc3)c2)c1. The summed E-state index contributed by atoms with van der Waals surface area (Å²) in [6.45, 7) is 11.3. The minimum absolute atomic E-state index is 0.0447. The predicted molar refractivity (Wildman–Crippen MR) is 233 cm³/mol. The highest BCUT2D eigenvalue weighted by atomic mass is 16.5. The van der Waals surface area contributed by atoms with Gasteiger partial charge in [0.15, 0.2) is 0 Å². The Balaban J connectivity index is 1.19. The molecule has 4 heteroatoms. The molecule has 0 aliphatic rings. The van der Waals surface area contributed by atoms with Gasteiger partial charge in [-0.3, -0.25) is 4.57 Å². The fraction of sp³-hybridized carbons (Fsp3) is 0.135. The molecule has 0 fully saturated rings. The molecule has 0 unspecified atom stereocenters. The average Bonchev–Trinajstić information content (AvgIpc) is 3.86. The van der Waals surface area contributed by atoms with E-state index in [9.17, 15) is 0 Å². The Hall–Kier alpha value is -6.65. The maximum Gasteiger partial charge on any atom is 0.137 e. The Morgan fingerprint density at radius 2 is 1.18 bits per heavy atom. The van der Waals surface area contributed by atoms with Crippen LogP contribution in [0.4, 0.5) is 0 Å². The first-order valence-corrected chi connectivity index (χ1v) is 19.4. The normalized spacial score (nSPS) is 12.0. The summed E-state index contributed by atoms with van der Waals surface area (Å²) in [7, 11) is 0. The molecule has 0 aliphatic carbocycles. The number of ether oxygens (including phenoxy) is 1. The lowest BCUT2D eigenvalue weighted by molar-refractivity contribution is 0.483. The molecule has 4 nitrogen and oxygen atoms in total. The van der Waals surface area contributed by atoms with E-state index in [-0.39, 0.29) is 10.8 Å². The van der Waals surface area contributed by atoms with Crippen LogP contribution in [0.25, 0.3) is 55.6 Å². The molecule has 274 valence electrons. The predicted octanol–water partition coefficient (Wildman–Crippen LogP) is 13.7. The Morgan fingerprint density at radius 1 is 0.482 bits per heavy atom. The second kappa shape index (κ2) is 13.9. The third-order valence-corrected chi connectivity index (χ3v) is 11.1. The summed E-state index contributed by atoms with van der Waals surface area (Å²) in [5.74, 6) is 2.39. The van der Waals surface area contributed by atoms with Gasteiger partial charge in [0.25, 0.3) is 0 Å². The van der Waals surface area contributed by atoms with Gasteiger partial charge in [-0.1, -0.05) is 132 Å². The van der Waals surface area contributed by atoms with Gasteiger partial charge in [0, 0.05) is 52.6 Å². The van der Waals surface area contributed by atoms with Gasteiger partial charge in [-0.05, 0) is 99.0 Å². The summed E-state index contributed by atoms with van der Waals surface area (Å²) in [5, 5.41) is 2.30. The van der Waals surface area contributed by atoms with Crippen molar-refractivity contribution in [3.63, 3.8) is 0 Å². The van der Waals surface area contributed by atoms with E-state index in [0.717, 1.165) is 55.9 Å². The number of hydrogen-bond donors (Lipinski definition) is 0. The van der Waals surface area contributed by atoms with E-state index >= 15 is 0 Å². The molecule has 0 aliphatic heterocycles. The fourth-order valence-corrected chi connectivity index (χ4v) is 7.80. The number of rotatable bonds is 8. The zero-order valence-electron chi connectivity index (χ0n) is 32.6. The average molecular weight is 728 g/mol. The molecule has 0 saturated carbocycles. The minimum Gasteiger partial charge on any atom is -0.457 e. The Bertz CT molecular complexity index is 2820. The number of pyridine rings is 1. The van der Waals surface area contributed by atoms with E-state index in [4.69, 9.17) is 9.72 Å². The highest BCUT2D eigenvalue weighted by Crippen LogP contribution is 2.40. The van der Waals surface area contributed by atoms with Crippen LogP contribution in [-0.2, 0) is 10.8 Å². The van der Waals surface area contributed by atoms with Crippen molar-refractivity contribution in [2.45, 2.75) is 45.4 Å². The molecule has 56 heavy (non-hydrogen) atoms. The Morgan fingerprint density at radius 3 is 1.88 bits per heavy atom. The second-order valence-electron chi connectivity index (χ2n) is 16.2. The van der Waals surface area contributed by atoms with Crippen LogP contribution < -0.4 is 4.74 Å². The second-order valence-corrected chi connectivity index (χ2v) is 16.2. The molecule has 0 radical (unpaired) electrons. The quantitative estimate of drug-likeness (QED) is 0.156. The molecule has 3 aromatic heterocycles. The maximum atomic E-state index is 6.85. The lowest BCUT2D eigenvalue weighted by Crippen LogP contribution is -2.19. The van der Waals surface area contributed by atoms with Crippen LogP contribution in [0.15, 0.2) is 182 Å². The molecule has 0 atom stereocenters. The molecule has 6 aromatic carbocycles. The minimum atomic E-state index is -0.221. The summed E-state index contributed by atoms with van der Waals surface area (Å²) in [6, 6.07) is 58.0. The number of fused-ring (bicyclic) bond motifs is 3. The zero-order valence-corrected chi connectivity index (χ0v) is 32.6. The zero-order chi connectivity index (χ0) is 38.4. The summed E-state index contributed by atoms with van der Waals surface area (Å²) in [5.41, 5.74) is 11.3. The van der Waals surface area contributed by atoms with Crippen LogP contribution >= 0.6 is 0 Å². The maximum absolute atomic E-state index is 6.85. The number of nitrogens with zero attached hydrogens (tertiary/aromatic N) is 3. The molecule has 9 aromatic rings. The van der Waals surface area contributed by atoms with E-state index in [1.165, 1.54) is 27.8 Å². The van der Waals surface area contributed by atoms with Gasteiger partial charge in [0.05, 0.1) is 11.0 Å². The first-order valence-electron chi connectivity index (χ1n) is 19.4. The van der Waals surface area contributed by atoms with E-state index in [0.29, 0.717) is 0 Å². The van der Waals surface area contributed by atoms with E-state index in [1.54, 1.807) is 0 Å². The van der Waals surface area contributed by atoms with Crippen LogP contribution in [0.5, 0.6) is 11.5 Å². The van der Waals surface area contributed by atoms with Gasteiger partial charge in [-0.2, -0.15) is 0 Å². The van der Waals surface area contributed by atoms with Crippen molar-refractivity contribution < 1.29 is 4.74 Å². The third kappa shape index (κ3) is 6.58. The topological polar surface area (TPSA) is 32.0 Å². The van der Waals surface area contributed by atoms with Crippen molar-refractivity contribution in [2.75, 3.05) is 0 Å². The highest BCUT2D eigenvalue weighted by molar-refractivity contribution is 6.10. The van der Waals surface area contributed by atoms with E-state index < -0.39 is 0 Å². The molecular weight excluding hydrogens is 683 g/mol. The molecule has 3 heterocycles. The standard InChI is InChI=1S/C52H45N3O/c1-51(2,3)42-26-28-54(35-42)43-29-39(37-17-11-7-12-18-37)30-45(33-43)56-44-22-23-46-47-31-38(36-15-9-6-10-16-36)21-24-48(47)55(49(46)34-44)50-32-41(25-27-53-50)52(4,5)40-19-13-8-14-20-40/h6-35H,1-5H3. The summed E-state index contributed by atoms with van der Waals surface area (Å²) in [4.78, 5) is 5.01. The fourth-order valence-electron chi connectivity index (χ4n) is 7.80. The smallest absolute Gasteiger partial charge is 0.137 e. The van der Waals surface area contributed by atoms with E-state index in [1.807, 2.05) is 6.20 Å². The van der Waals surface area contributed by atoms with Gasteiger partial charge in [-0.25, -0.2) is 4.98 Å². The van der Waals surface area contributed by atoms with Gasteiger partial charge in [0.2, 0.25) is 0 Å². The molecule has 0 saturated heterocycles. The van der Waals surface area contributed by atoms with Gasteiger partial charge < -0.3 is 9.30 Å². The lowest BCUT2D eigenvalue weighted by atomic mass is 9.78. The third-order valence-electron chi connectivity index (χ3n) is 11.1. The van der Waals surface area contributed by atoms with Crippen LogP contribution in [0.3, 0.4) is 0 Å². The monoisotopic (exact) mass is 727 g/mol. The van der Waals surface area contributed by atoms with Crippen molar-refractivity contribution in [3.8, 4) is 45.3 Å². The van der Waals surface area contributed by atoms with Crippen molar-refractivity contribution in [3.05, 3.63) is 199 Å². The van der Waals surface area contributed by atoms with Crippen molar-refractivity contribution in [2.24, 2.45) is 0 Å². The number of hydrogen-bond acceptors (Lipinski definition) is 2. The van der Waals surface area contributed by atoms with Crippen molar-refractivity contribution >= 4 is 21.8 Å². The largest absolute Gasteiger partial charge is 0.457 e. The summed E-state index contributed by atoms with van der Waals surface area (Å²) >= 11 is 0. The molecule has 0 N–H and O–H groups in total. The Labute approximate surface area is 329 Å². The van der Waals surface area contributed by atoms with Crippen LogP contribution in [0.2, 0.25) is 0 Å². The molecule has 9 rings (SSSR count).